The van der Waals surface area contributed by atoms with Gasteiger partial charge in [-0.15, -0.1) is 0 Å². The fourth-order valence-corrected chi connectivity index (χ4v) is 7.01. The van der Waals surface area contributed by atoms with E-state index in [9.17, 15) is 16.8 Å². The van der Waals surface area contributed by atoms with E-state index in [1.54, 1.807) is 12.1 Å². The first kappa shape index (κ1) is 24.9. The van der Waals surface area contributed by atoms with Crippen LogP contribution in [-0.2, 0) is 32.9 Å². The second-order valence-corrected chi connectivity index (χ2v) is 12.4. The first-order chi connectivity index (χ1) is 15.1. The summed E-state index contributed by atoms with van der Waals surface area (Å²) in [4.78, 5) is 0.923. The molecule has 0 radical (unpaired) electrons. The van der Waals surface area contributed by atoms with Gasteiger partial charge in [0.1, 0.15) is 0 Å². The van der Waals surface area contributed by atoms with Crippen LogP contribution in [-0.4, -0.2) is 29.9 Å². The molecule has 32 heavy (non-hydrogen) atoms. The summed E-state index contributed by atoms with van der Waals surface area (Å²) in [6, 6.07) is 11.4. The van der Waals surface area contributed by atoms with Crippen molar-refractivity contribution >= 4 is 20.0 Å². The molecule has 0 unspecified atom stereocenters. The predicted molar refractivity (Wildman–Crippen MR) is 128 cm³/mol. The fourth-order valence-electron chi connectivity index (χ4n) is 4.12. The molecule has 2 atom stereocenters. The quantitative estimate of drug-likeness (QED) is 0.688. The summed E-state index contributed by atoms with van der Waals surface area (Å²) in [5.74, 6) is 0.803. The number of benzene rings is 2. The van der Waals surface area contributed by atoms with Crippen LogP contribution in [0.4, 0.5) is 0 Å². The monoisotopic (exact) mass is 478 g/mol. The minimum absolute atomic E-state index is 0.402. The highest BCUT2D eigenvalue weighted by atomic mass is 32.2. The Kier molecular flexibility index (Phi) is 7.81. The molecule has 2 aliphatic rings. The van der Waals surface area contributed by atoms with Gasteiger partial charge in [0.25, 0.3) is 0 Å². The predicted octanol–water partition coefficient (Wildman–Crippen LogP) is 3.71. The lowest BCUT2D eigenvalue weighted by atomic mass is 9.96. The van der Waals surface area contributed by atoms with Crippen molar-refractivity contribution in [2.45, 2.75) is 63.2 Å². The van der Waals surface area contributed by atoms with Crippen LogP contribution in [0.25, 0.3) is 0 Å². The van der Waals surface area contributed by atoms with Crippen LogP contribution < -0.4 is 9.44 Å². The van der Waals surface area contributed by atoms with Gasteiger partial charge in [0.15, 0.2) is 0 Å². The highest BCUT2D eigenvalue weighted by Crippen LogP contribution is 2.26. The van der Waals surface area contributed by atoms with Gasteiger partial charge in [0.05, 0.1) is 9.79 Å². The molecular weight excluding hydrogens is 444 g/mol. The Morgan fingerprint density at radius 2 is 1.09 bits per heavy atom. The molecule has 0 aliphatic carbocycles. The van der Waals surface area contributed by atoms with Gasteiger partial charge < -0.3 is 0 Å². The molecule has 2 heterocycles. The minimum Gasteiger partial charge on any atom is -0.211 e. The summed E-state index contributed by atoms with van der Waals surface area (Å²) < 4.78 is 53.3. The molecule has 0 fully saturated rings. The van der Waals surface area contributed by atoms with Crippen molar-refractivity contribution in [2.75, 3.05) is 13.1 Å². The lowest BCUT2D eigenvalue weighted by Crippen LogP contribution is -2.26. The SMILES string of the molecule is CC[C@@H]1CNS(=O)(=O)c2cc(C)ccc2C1.CC[C@H]1CNS(=O)(=O)c2cc(C)ccc2C1. The summed E-state index contributed by atoms with van der Waals surface area (Å²) >= 11 is 0. The Labute approximate surface area is 192 Å². The van der Waals surface area contributed by atoms with Crippen molar-refractivity contribution in [3.05, 3.63) is 58.7 Å². The van der Waals surface area contributed by atoms with E-state index in [-0.39, 0.29) is 0 Å². The summed E-state index contributed by atoms with van der Waals surface area (Å²) in [6.45, 7) is 9.12. The van der Waals surface area contributed by atoms with Crippen molar-refractivity contribution < 1.29 is 16.8 Å². The zero-order chi connectivity index (χ0) is 23.5. The van der Waals surface area contributed by atoms with Crippen LogP contribution in [0.15, 0.2) is 46.2 Å². The zero-order valence-electron chi connectivity index (χ0n) is 19.3. The Bertz CT molecular complexity index is 1080. The van der Waals surface area contributed by atoms with Crippen molar-refractivity contribution in [2.24, 2.45) is 11.8 Å². The molecular formula is C24H34N2O4S2. The summed E-state index contributed by atoms with van der Waals surface area (Å²) in [7, 11) is -6.59. The molecule has 0 saturated heterocycles. The van der Waals surface area contributed by atoms with Gasteiger partial charge in [-0.2, -0.15) is 0 Å². The Morgan fingerprint density at radius 1 is 0.719 bits per heavy atom. The normalized spacial score (nSPS) is 23.5. The third kappa shape index (κ3) is 5.78. The van der Waals surface area contributed by atoms with Crippen LogP contribution in [0.2, 0.25) is 0 Å². The molecule has 2 aliphatic heterocycles. The molecule has 8 heteroatoms. The van der Waals surface area contributed by atoms with Crippen molar-refractivity contribution in [1.82, 2.24) is 9.44 Å². The molecule has 2 aromatic rings. The van der Waals surface area contributed by atoms with Crippen LogP contribution in [0.5, 0.6) is 0 Å². The lowest BCUT2D eigenvalue weighted by molar-refractivity contribution is 0.499. The van der Waals surface area contributed by atoms with Gasteiger partial charge in [-0.05, 0) is 72.9 Å². The van der Waals surface area contributed by atoms with E-state index in [1.807, 2.05) is 38.1 Å². The van der Waals surface area contributed by atoms with Gasteiger partial charge in [0, 0.05) is 13.1 Å². The number of nitrogens with one attached hydrogen (secondary N) is 2. The largest absolute Gasteiger partial charge is 0.240 e. The number of aryl methyl sites for hydroxylation is 2. The smallest absolute Gasteiger partial charge is 0.211 e. The van der Waals surface area contributed by atoms with Gasteiger partial charge >= 0.3 is 0 Å². The van der Waals surface area contributed by atoms with Crippen LogP contribution in [0.3, 0.4) is 0 Å². The highest BCUT2D eigenvalue weighted by Gasteiger charge is 2.26. The maximum atomic E-state index is 12.0. The minimum atomic E-state index is -3.29. The van der Waals surface area contributed by atoms with Gasteiger partial charge in [-0.1, -0.05) is 51.0 Å². The lowest BCUT2D eigenvalue weighted by Gasteiger charge is -2.10. The zero-order valence-corrected chi connectivity index (χ0v) is 20.9. The van der Waals surface area contributed by atoms with Gasteiger partial charge in [-0.25, -0.2) is 26.3 Å². The second kappa shape index (κ2) is 10.0. The Morgan fingerprint density at radius 3 is 1.44 bits per heavy atom. The highest BCUT2D eigenvalue weighted by molar-refractivity contribution is 7.89. The average molecular weight is 479 g/mol. The fraction of sp³-hybridized carbons (Fsp3) is 0.500. The Balaban J connectivity index is 0.000000181. The molecule has 4 rings (SSSR count). The van der Waals surface area contributed by atoms with Crippen LogP contribution in [0.1, 0.15) is 48.9 Å². The summed E-state index contributed by atoms with van der Waals surface area (Å²) in [6.07, 6.45) is 3.68. The summed E-state index contributed by atoms with van der Waals surface area (Å²) in [5, 5.41) is 0. The van der Waals surface area contributed by atoms with Crippen molar-refractivity contribution in [1.29, 1.82) is 0 Å². The number of rotatable bonds is 2. The number of hydrogen-bond acceptors (Lipinski definition) is 4. The maximum Gasteiger partial charge on any atom is 0.240 e. The topological polar surface area (TPSA) is 92.3 Å². The number of hydrogen-bond donors (Lipinski definition) is 2. The third-order valence-corrected chi connectivity index (χ3v) is 9.33. The van der Waals surface area contributed by atoms with E-state index in [0.29, 0.717) is 34.7 Å². The molecule has 0 saturated carbocycles. The Hall–Kier alpha value is -1.74. The molecule has 0 amide bonds. The van der Waals surface area contributed by atoms with E-state index in [0.717, 1.165) is 47.9 Å². The van der Waals surface area contributed by atoms with E-state index in [2.05, 4.69) is 23.3 Å². The van der Waals surface area contributed by atoms with Gasteiger partial charge in [-0.3, -0.25) is 0 Å². The molecule has 0 spiro atoms. The first-order valence-corrected chi connectivity index (χ1v) is 14.2. The van der Waals surface area contributed by atoms with Crippen LogP contribution in [0, 0.1) is 25.7 Å². The number of fused-ring (bicyclic) bond motifs is 2. The van der Waals surface area contributed by atoms with E-state index >= 15 is 0 Å². The van der Waals surface area contributed by atoms with Crippen molar-refractivity contribution in [3.63, 3.8) is 0 Å². The van der Waals surface area contributed by atoms with Gasteiger partial charge in [0.2, 0.25) is 20.0 Å². The average Bonchev–Trinajstić information content (AvgIpc) is 2.96. The van der Waals surface area contributed by atoms with E-state index < -0.39 is 20.0 Å². The molecule has 2 aromatic carbocycles. The molecule has 0 bridgehead atoms. The molecule has 0 aromatic heterocycles. The molecule has 176 valence electrons. The number of sulfonamides is 2. The second-order valence-electron chi connectivity index (χ2n) is 8.88. The summed E-state index contributed by atoms with van der Waals surface area (Å²) in [5.41, 5.74) is 3.86. The first-order valence-electron chi connectivity index (χ1n) is 11.2. The third-order valence-electron chi connectivity index (χ3n) is 6.32. The van der Waals surface area contributed by atoms with E-state index in [4.69, 9.17) is 0 Å². The maximum absolute atomic E-state index is 12.0. The standard InChI is InChI=1S/2C12H17NO2S/c2*1-3-10-7-11-5-4-9(2)6-12(11)16(14,15)13-8-10/h2*4-6,10,13H,3,7-8H2,1-2H3/t2*10-/m10/s1. The molecule has 6 nitrogen and oxygen atoms in total. The molecule has 2 N–H and O–H groups in total. The van der Waals surface area contributed by atoms with E-state index in [1.165, 1.54) is 0 Å². The van der Waals surface area contributed by atoms with Crippen molar-refractivity contribution in [3.8, 4) is 0 Å². The van der Waals surface area contributed by atoms with Crippen LogP contribution >= 0.6 is 0 Å².